The highest BCUT2D eigenvalue weighted by molar-refractivity contribution is 6.00. The molecule has 1 fully saturated rings. The van der Waals surface area contributed by atoms with Crippen LogP contribution in [-0.4, -0.2) is 46.8 Å². The molecule has 1 saturated heterocycles. The standard InChI is InChI=1S/C27H24F3N5O.ClH/c1-18-17-34(26(36)31-21-13-11-20(12-14-21)27(28,29)30)15-16-35(18)25-23-10-6-5-9-22(23)24(32-33-25)19-7-3-2-4-8-19;/h2-14,18H,15-17H2,1H3,(H,31,36);1H. The van der Waals surface area contributed by atoms with Crippen LogP contribution in [0.5, 0.6) is 0 Å². The van der Waals surface area contributed by atoms with E-state index in [9.17, 15) is 18.0 Å². The lowest BCUT2D eigenvalue weighted by molar-refractivity contribution is -0.137. The Morgan fingerprint density at radius 1 is 0.892 bits per heavy atom. The average Bonchev–Trinajstić information content (AvgIpc) is 2.88. The Bertz CT molecular complexity index is 1380. The molecule has 2 heterocycles. The van der Waals surface area contributed by atoms with Crippen molar-refractivity contribution in [2.24, 2.45) is 0 Å². The van der Waals surface area contributed by atoms with Gasteiger partial charge in [0.25, 0.3) is 0 Å². The minimum Gasteiger partial charge on any atom is -0.348 e. The number of hydrogen-bond acceptors (Lipinski definition) is 4. The summed E-state index contributed by atoms with van der Waals surface area (Å²) in [7, 11) is 0. The maximum Gasteiger partial charge on any atom is 0.416 e. The van der Waals surface area contributed by atoms with Gasteiger partial charge in [-0.1, -0.05) is 54.6 Å². The number of rotatable bonds is 3. The fraction of sp³-hybridized carbons (Fsp3) is 0.222. The summed E-state index contributed by atoms with van der Waals surface area (Å²) in [4.78, 5) is 16.6. The number of benzene rings is 3. The van der Waals surface area contributed by atoms with Gasteiger partial charge in [0.1, 0.15) is 5.69 Å². The minimum absolute atomic E-state index is 0. The zero-order valence-corrected chi connectivity index (χ0v) is 20.8. The van der Waals surface area contributed by atoms with Gasteiger partial charge in [-0.25, -0.2) is 4.79 Å². The predicted molar refractivity (Wildman–Crippen MR) is 141 cm³/mol. The lowest BCUT2D eigenvalue weighted by Gasteiger charge is -2.40. The van der Waals surface area contributed by atoms with Gasteiger partial charge in [-0.2, -0.15) is 13.2 Å². The molecule has 1 N–H and O–H groups in total. The largest absolute Gasteiger partial charge is 0.416 e. The predicted octanol–water partition coefficient (Wildman–Crippen LogP) is 6.48. The molecule has 0 spiro atoms. The molecule has 1 unspecified atom stereocenters. The van der Waals surface area contributed by atoms with Crippen LogP contribution in [0.1, 0.15) is 12.5 Å². The first kappa shape index (κ1) is 26.2. The van der Waals surface area contributed by atoms with Crippen molar-refractivity contribution in [2.45, 2.75) is 19.1 Å². The van der Waals surface area contributed by atoms with Crippen LogP contribution >= 0.6 is 12.4 Å². The van der Waals surface area contributed by atoms with Crippen LogP contribution < -0.4 is 10.2 Å². The molecule has 0 radical (unpaired) electrons. The Morgan fingerprint density at radius 3 is 2.19 bits per heavy atom. The summed E-state index contributed by atoms with van der Waals surface area (Å²) >= 11 is 0. The van der Waals surface area contributed by atoms with Crippen molar-refractivity contribution in [2.75, 3.05) is 29.9 Å². The van der Waals surface area contributed by atoms with Crippen molar-refractivity contribution in [3.05, 3.63) is 84.4 Å². The highest BCUT2D eigenvalue weighted by atomic mass is 35.5. The second-order valence-corrected chi connectivity index (χ2v) is 8.78. The van der Waals surface area contributed by atoms with Gasteiger partial charge < -0.3 is 15.1 Å². The number of fused-ring (bicyclic) bond motifs is 1. The molecule has 1 aliphatic rings. The maximum absolute atomic E-state index is 12.8. The summed E-state index contributed by atoms with van der Waals surface area (Å²) in [5.74, 6) is 0.764. The first-order valence-electron chi connectivity index (χ1n) is 11.6. The van der Waals surface area contributed by atoms with Crippen molar-refractivity contribution in [1.29, 1.82) is 0 Å². The topological polar surface area (TPSA) is 61.4 Å². The highest BCUT2D eigenvalue weighted by Crippen LogP contribution is 2.33. The molecule has 1 aliphatic heterocycles. The van der Waals surface area contributed by atoms with Gasteiger partial charge in [0.05, 0.1) is 5.56 Å². The van der Waals surface area contributed by atoms with Crippen LogP contribution in [0.2, 0.25) is 0 Å². The van der Waals surface area contributed by atoms with Crippen LogP contribution in [0.4, 0.5) is 29.5 Å². The third-order valence-corrected chi connectivity index (χ3v) is 6.37. The van der Waals surface area contributed by atoms with Crippen LogP contribution in [0, 0.1) is 0 Å². The number of carbonyl (C=O) groups is 1. The quantitative estimate of drug-likeness (QED) is 0.331. The Morgan fingerprint density at radius 2 is 1.54 bits per heavy atom. The number of aromatic nitrogens is 2. The lowest BCUT2D eigenvalue weighted by Crippen LogP contribution is -2.55. The monoisotopic (exact) mass is 527 g/mol. The van der Waals surface area contributed by atoms with Gasteiger partial charge in [0.15, 0.2) is 5.82 Å². The van der Waals surface area contributed by atoms with Crippen LogP contribution in [0.25, 0.3) is 22.0 Å². The fourth-order valence-corrected chi connectivity index (χ4v) is 4.51. The maximum atomic E-state index is 12.8. The number of nitrogens with one attached hydrogen (secondary N) is 1. The number of halogens is 4. The molecular formula is C27H25ClF3N5O. The van der Waals surface area contributed by atoms with Crippen LogP contribution in [0.3, 0.4) is 0 Å². The second kappa shape index (κ2) is 10.6. The zero-order valence-electron chi connectivity index (χ0n) is 19.9. The van der Waals surface area contributed by atoms with Crippen molar-refractivity contribution in [3.63, 3.8) is 0 Å². The first-order chi connectivity index (χ1) is 17.3. The molecule has 0 bridgehead atoms. The average molecular weight is 528 g/mol. The van der Waals surface area contributed by atoms with E-state index >= 15 is 0 Å². The van der Waals surface area contributed by atoms with E-state index in [4.69, 9.17) is 0 Å². The van der Waals surface area contributed by atoms with Crippen molar-refractivity contribution < 1.29 is 18.0 Å². The van der Waals surface area contributed by atoms with Crippen LogP contribution in [0.15, 0.2) is 78.9 Å². The molecule has 1 aromatic heterocycles. The summed E-state index contributed by atoms with van der Waals surface area (Å²) in [6, 6.07) is 22.0. The van der Waals surface area contributed by atoms with E-state index in [-0.39, 0.29) is 24.5 Å². The summed E-state index contributed by atoms with van der Waals surface area (Å²) in [5.41, 5.74) is 1.37. The smallest absolute Gasteiger partial charge is 0.348 e. The fourth-order valence-electron chi connectivity index (χ4n) is 4.51. The first-order valence-corrected chi connectivity index (χ1v) is 11.6. The van der Waals surface area contributed by atoms with Crippen molar-refractivity contribution in [1.82, 2.24) is 15.1 Å². The molecule has 4 aromatic rings. The zero-order chi connectivity index (χ0) is 25.3. The second-order valence-electron chi connectivity index (χ2n) is 8.78. The van der Waals surface area contributed by atoms with E-state index in [1.807, 2.05) is 61.5 Å². The molecular weight excluding hydrogens is 503 g/mol. The third-order valence-electron chi connectivity index (χ3n) is 6.37. The molecule has 0 aliphatic carbocycles. The lowest BCUT2D eigenvalue weighted by atomic mass is 10.0. The van der Waals surface area contributed by atoms with Gasteiger partial charge in [-0.05, 0) is 31.2 Å². The summed E-state index contributed by atoms with van der Waals surface area (Å²) < 4.78 is 38.4. The number of nitrogens with zero attached hydrogens (tertiary/aromatic N) is 4. The van der Waals surface area contributed by atoms with E-state index in [0.717, 1.165) is 40.0 Å². The molecule has 0 saturated carbocycles. The Kier molecular flexibility index (Phi) is 7.54. The minimum atomic E-state index is -4.42. The van der Waals surface area contributed by atoms with E-state index < -0.39 is 11.7 Å². The number of piperazine rings is 1. The Balaban J connectivity index is 0.00000320. The van der Waals surface area contributed by atoms with Gasteiger partial charge >= 0.3 is 12.2 Å². The molecule has 37 heavy (non-hydrogen) atoms. The van der Waals surface area contributed by atoms with E-state index in [2.05, 4.69) is 20.4 Å². The van der Waals surface area contributed by atoms with Crippen molar-refractivity contribution >= 4 is 40.7 Å². The van der Waals surface area contributed by atoms with E-state index in [1.165, 1.54) is 12.1 Å². The SMILES string of the molecule is CC1CN(C(=O)Nc2ccc(C(F)(F)F)cc2)CCN1c1nnc(-c2ccccc2)c2ccccc12.Cl. The summed E-state index contributed by atoms with van der Waals surface area (Å²) in [6.45, 7) is 3.43. The van der Waals surface area contributed by atoms with Gasteiger partial charge in [0.2, 0.25) is 0 Å². The van der Waals surface area contributed by atoms with Crippen molar-refractivity contribution in [3.8, 4) is 11.3 Å². The Hall–Kier alpha value is -3.85. The van der Waals surface area contributed by atoms with Crippen LogP contribution in [-0.2, 0) is 6.18 Å². The summed E-state index contributed by atoms with van der Waals surface area (Å²) in [6.07, 6.45) is -4.42. The number of anilines is 2. The molecule has 6 nitrogen and oxygen atoms in total. The molecule has 3 aromatic carbocycles. The molecule has 10 heteroatoms. The third kappa shape index (κ3) is 5.46. The number of hydrogen-bond donors (Lipinski definition) is 1. The normalized spacial score (nSPS) is 15.8. The molecule has 192 valence electrons. The Labute approximate surface area is 218 Å². The van der Waals surface area contributed by atoms with E-state index in [1.54, 1.807) is 4.90 Å². The number of urea groups is 1. The number of amides is 2. The number of alkyl halides is 3. The molecule has 1 atom stereocenters. The molecule has 2 amide bonds. The van der Waals surface area contributed by atoms with E-state index in [0.29, 0.717) is 25.3 Å². The van der Waals surface area contributed by atoms with Gasteiger partial charge in [-0.3, -0.25) is 0 Å². The highest BCUT2D eigenvalue weighted by Gasteiger charge is 2.31. The number of carbonyl (C=O) groups excluding carboxylic acids is 1. The summed E-state index contributed by atoms with van der Waals surface area (Å²) in [5, 5.41) is 13.8. The van der Waals surface area contributed by atoms with Gasteiger partial charge in [-0.15, -0.1) is 22.6 Å². The molecule has 5 rings (SSSR count). The van der Waals surface area contributed by atoms with Gasteiger partial charge in [0, 0.05) is 47.7 Å².